The molecule has 4 aliphatic carbocycles. The van der Waals surface area contributed by atoms with Crippen LogP contribution in [0.5, 0.6) is 0 Å². The predicted molar refractivity (Wildman–Crippen MR) is 98.2 cm³/mol. The maximum Gasteiger partial charge on any atom is 0.289 e. The van der Waals surface area contributed by atoms with E-state index in [2.05, 4.69) is 17.5 Å². The van der Waals surface area contributed by atoms with Gasteiger partial charge < -0.3 is 5.32 Å². The van der Waals surface area contributed by atoms with Gasteiger partial charge in [0.15, 0.2) is 0 Å². The van der Waals surface area contributed by atoms with Crippen molar-refractivity contribution in [3.05, 3.63) is 45.5 Å². The number of halogens is 1. The van der Waals surface area contributed by atoms with Crippen LogP contribution in [0.4, 0.5) is 11.4 Å². The summed E-state index contributed by atoms with van der Waals surface area (Å²) in [4.78, 5) is 49.5. The number of nitrogens with one attached hydrogen (secondary N) is 1. The molecule has 1 saturated heterocycles. The first-order valence-electron chi connectivity index (χ1n) is 9.14. The molecule has 1 aromatic rings. The van der Waals surface area contributed by atoms with Crippen molar-refractivity contribution < 1.29 is 19.3 Å². The normalized spacial score (nSPS) is 34.2. The minimum absolute atomic E-state index is 0.0430. The highest BCUT2D eigenvalue weighted by Gasteiger charge is 2.67. The SMILES string of the molecule is O=C(CN1C(=O)[C@@H]2[C@H]3C=C[C@@H]([C@@H]4C[C@@H]34)[C@@H]2C1=O)Nc1ccc(Cl)c([N+](=O)[O-])c1. The first-order chi connectivity index (χ1) is 13.4. The van der Waals surface area contributed by atoms with Crippen LogP contribution in [0.1, 0.15) is 6.42 Å². The summed E-state index contributed by atoms with van der Waals surface area (Å²) in [5.74, 6) is -0.651. The Morgan fingerprint density at radius 3 is 2.36 bits per heavy atom. The highest BCUT2D eigenvalue weighted by atomic mass is 35.5. The number of nitro groups is 1. The molecule has 6 atom stereocenters. The molecule has 1 aromatic carbocycles. The Balaban J connectivity index is 1.31. The molecule has 1 N–H and O–H groups in total. The van der Waals surface area contributed by atoms with Gasteiger partial charge in [-0.3, -0.25) is 29.4 Å². The molecule has 1 heterocycles. The zero-order valence-electron chi connectivity index (χ0n) is 14.6. The summed E-state index contributed by atoms with van der Waals surface area (Å²) in [5, 5.41) is 13.4. The average molecular weight is 402 g/mol. The third kappa shape index (κ3) is 2.40. The molecule has 0 spiro atoms. The molecule has 144 valence electrons. The molecule has 8 nitrogen and oxygen atoms in total. The van der Waals surface area contributed by atoms with Gasteiger partial charge in [-0.15, -0.1) is 0 Å². The Labute approximate surface area is 164 Å². The molecule has 9 heteroatoms. The van der Waals surface area contributed by atoms with E-state index in [-0.39, 0.29) is 51.9 Å². The monoisotopic (exact) mass is 401 g/mol. The molecule has 2 saturated carbocycles. The first kappa shape index (κ1) is 17.4. The number of hydrogen-bond donors (Lipinski definition) is 1. The molecule has 3 fully saturated rings. The summed E-state index contributed by atoms with van der Waals surface area (Å²) < 4.78 is 0. The van der Waals surface area contributed by atoms with Gasteiger partial charge in [-0.05, 0) is 42.2 Å². The highest BCUT2D eigenvalue weighted by Crippen LogP contribution is 2.65. The zero-order chi connectivity index (χ0) is 19.7. The van der Waals surface area contributed by atoms with E-state index in [1.807, 2.05) is 0 Å². The minimum atomic E-state index is -0.649. The smallest absolute Gasteiger partial charge is 0.289 e. The van der Waals surface area contributed by atoms with E-state index in [4.69, 9.17) is 11.6 Å². The van der Waals surface area contributed by atoms with Crippen molar-refractivity contribution >= 4 is 40.7 Å². The second-order valence-electron chi connectivity index (χ2n) is 7.89. The highest BCUT2D eigenvalue weighted by molar-refractivity contribution is 6.32. The fourth-order valence-corrected chi connectivity index (χ4v) is 5.44. The minimum Gasteiger partial charge on any atom is -0.324 e. The van der Waals surface area contributed by atoms with E-state index in [1.54, 1.807) is 0 Å². The third-order valence-electron chi connectivity index (χ3n) is 6.48. The van der Waals surface area contributed by atoms with Crippen molar-refractivity contribution in [2.75, 3.05) is 11.9 Å². The van der Waals surface area contributed by atoms with Crippen LogP contribution >= 0.6 is 11.6 Å². The number of nitrogens with zero attached hydrogens (tertiary/aromatic N) is 2. The number of carbonyl (C=O) groups is 3. The third-order valence-corrected chi connectivity index (χ3v) is 6.80. The summed E-state index contributed by atoms with van der Waals surface area (Å²) in [6.07, 6.45) is 5.22. The average Bonchev–Trinajstić information content (AvgIpc) is 3.44. The molecule has 0 aromatic heterocycles. The second-order valence-corrected chi connectivity index (χ2v) is 8.30. The standard InChI is InChI=1S/C19H16ClN3O5/c20-13-4-1-8(5-14(13)23(27)28)21-15(24)7-22-18(25)16-9-2-3-10(12-6-11(9)12)17(16)19(22)26/h1-5,9-12,16-17H,6-7H2,(H,21,24)/t9-,10-,11-,12-,16-,17+/m0/s1. The van der Waals surface area contributed by atoms with Crippen molar-refractivity contribution in [1.29, 1.82) is 0 Å². The predicted octanol–water partition coefficient (Wildman–Crippen LogP) is 2.24. The molecule has 0 radical (unpaired) electrons. The topological polar surface area (TPSA) is 110 Å². The van der Waals surface area contributed by atoms with Gasteiger partial charge in [-0.2, -0.15) is 0 Å². The van der Waals surface area contributed by atoms with Crippen molar-refractivity contribution in [3.63, 3.8) is 0 Å². The van der Waals surface area contributed by atoms with Gasteiger partial charge in [0.05, 0.1) is 16.8 Å². The maximum atomic E-state index is 12.9. The van der Waals surface area contributed by atoms with Crippen LogP contribution < -0.4 is 5.32 Å². The molecule has 5 aliphatic rings. The number of hydrogen-bond acceptors (Lipinski definition) is 5. The van der Waals surface area contributed by atoms with Crippen LogP contribution in [-0.4, -0.2) is 34.1 Å². The summed E-state index contributed by atoms with van der Waals surface area (Å²) in [6, 6.07) is 3.88. The lowest BCUT2D eigenvalue weighted by molar-refractivity contribution is -0.384. The largest absolute Gasteiger partial charge is 0.324 e. The summed E-state index contributed by atoms with van der Waals surface area (Å²) in [6.45, 7) is -0.393. The Morgan fingerprint density at radius 2 is 1.79 bits per heavy atom. The number of carbonyl (C=O) groups excluding carboxylic acids is 3. The molecule has 6 rings (SSSR count). The van der Waals surface area contributed by atoms with E-state index in [0.29, 0.717) is 11.8 Å². The molecule has 28 heavy (non-hydrogen) atoms. The Hall–Kier alpha value is -2.74. The Morgan fingerprint density at radius 1 is 1.18 bits per heavy atom. The van der Waals surface area contributed by atoms with E-state index in [0.717, 1.165) is 17.4 Å². The molecule has 3 amide bonds. The van der Waals surface area contributed by atoms with Crippen LogP contribution in [0.25, 0.3) is 0 Å². The zero-order valence-corrected chi connectivity index (χ0v) is 15.3. The van der Waals surface area contributed by atoms with Crippen LogP contribution in [0.2, 0.25) is 5.02 Å². The van der Waals surface area contributed by atoms with Gasteiger partial charge in [0.25, 0.3) is 5.69 Å². The fourth-order valence-electron chi connectivity index (χ4n) is 5.25. The number of likely N-dealkylation sites (tertiary alicyclic amines) is 1. The van der Waals surface area contributed by atoms with Crippen molar-refractivity contribution in [1.82, 2.24) is 4.90 Å². The number of nitro benzene ring substituents is 1. The van der Waals surface area contributed by atoms with Crippen LogP contribution in [-0.2, 0) is 14.4 Å². The van der Waals surface area contributed by atoms with E-state index in [9.17, 15) is 24.5 Å². The number of amides is 3. The fraction of sp³-hybridized carbons (Fsp3) is 0.421. The maximum absolute atomic E-state index is 12.9. The molecular formula is C19H16ClN3O5. The van der Waals surface area contributed by atoms with Crippen LogP contribution in [0.3, 0.4) is 0 Å². The summed E-state index contributed by atoms with van der Waals surface area (Å²) >= 11 is 5.76. The van der Waals surface area contributed by atoms with Crippen LogP contribution in [0.15, 0.2) is 30.4 Å². The van der Waals surface area contributed by atoms with Gasteiger partial charge in [-0.1, -0.05) is 23.8 Å². The lowest BCUT2D eigenvalue weighted by Gasteiger charge is -2.37. The lowest BCUT2D eigenvalue weighted by atomic mass is 9.63. The van der Waals surface area contributed by atoms with Crippen LogP contribution in [0, 0.1) is 45.6 Å². The van der Waals surface area contributed by atoms with Gasteiger partial charge in [0.1, 0.15) is 11.6 Å². The Bertz CT molecular complexity index is 940. The molecule has 0 unspecified atom stereocenters. The van der Waals surface area contributed by atoms with E-state index < -0.39 is 17.4 Å². The van der Waals surface area contributed by atoms with Gasteiger partial charge in [0, 0.05) is 11.8 Å². The summed E-state index contributed by atoms with van der Waals surface area (Å²) in [7, 11) is 0. The number of allylic oxidation sites excluding steroid dienone is 2. The number of imide groups is 1. The molecule has 2 bridgehead atoms. The number of benzene rings is 1. The van der Waals surface area contributed by atoms with Gasteiger partial charge in [0.2, 0.25) is 17.7 Å². The summed E-state index contributed by atoms with van der Waals surface area (Å²) in [5.41, 5.74) is -0.152. The van der Waals surface area contributed by atoms with E-state index in [1.165, 1.54) is 12.1 Å². The second kappa shape index (κ2) is 5.88. The number of rotatable bonds is 4. The van der Waals surface area contributed by atoms with Crippen molar-refractivity contribution in [3.8, 4) is 0 Å². The lowest BCUT2D eigenvalue weighted by Crippen LogP contribution is -2.40. The van der Waals surface area contributed by atoms with E-state index >= 15 is 0 Å². The van der Waals surface area contributed by atoms with Crippen molar-refractivity contribution in [2.45, 2.75) is 6.42 Å². The molecular weight excluding hydrogens is 386 g/mol. The van der Waals surface area contributed by atoms with Crippen molar-refractivity contribution in [2.24, 2.45) is 35.5 Å². The van der Waals surface area contributed by atoms with Gasteiger partial charge >= 0.3 is 0 Å². The number of anilines is 1. The quantitative estimate of drug-likeness (QED) is 0.360. The van der Waals surface area contributed by atoms with Gasteiger partial charge in [-0.25, -0.2) is 0 Å². The Kier molecular flexibility index (Phi) is 3.64. The first-order valence-corrected chi connectivity index (χ1v) is 9.52. The molecule has 1 aliphatic heterocycles.